The molecule has 0 aliphatic heterocycles. The lowest BCUT2D eigenvalue weighted by Gasteiger charge is -2.06. The molecule has 0 aromatic heterocycles. The summed E-state index contributed by atoms with van der Waals surface area (Å²) in [7, 11) is 0. The number of hydrogen-bond donors (Lipinski definition) is 2. The minimum absolute atomic E-state index is 0.355. The number of aliphatic hydroxyl groups is 1. The third-order valence-electron chi connectivity index (χ3n) is 1.52. The Morgan fingerprint density at radius 2 is 1.32 bits per heavy atom. The summed E-state index contributed by atoms with van der Waals surface area (Å²) in [4.78, 5) is 0. The second kappa shape index (κ2) is 11.5. The smallest absolute Gasteiger partial charge is 0.0949 e. The van der Waals surface area contributed by atoms with Crippen LogP contribution in [0.1, 0.15) is 6.92 Å². The second-order valence-electron chi connectivity index (χ2n) is 3.09. The standard InChI is InChI=1S/C17H11NO/c1-3-4-5-6-7-8-9-10-11-12-13-14-15-17(19)16(2)18/h15-17,19H,1,18H2,2H3/t16-,17-/m0/s1. The molecule has 2 heteroatoms. The van der Waals surface area contributed by atoms with E-state index in [1.54, 1.807) is 6.92 Å². The third kappa shape index (κ3) is 11.3. The topological polar surface area (TPSA) is 46.2 Å². The molecule has 0 spiro atoms. The van der Waals surface area contributed by atoms with Crippen LogP contribution in [0.15, 0.2) is 81.4 Å². The summed E-state index contributed by atoms with van der Waals surface area (Å²) >= 11 is 0. The summed E-state index contributed by atoms with van der Waals surface area (Å²) in [5.41, 5.74) is 35.1. The molecule has 0 radical (unpaired) electrons. The van der Waals surface area contributed by atoms with Crippen molar-refractivity contribution in [2.75, 3.05) is 0 Å². The van der Waals surface area contributed by atoms with Gasteiger partial charge in [0.1, 0.15) is 0 Å². The Balaban J connectivity index is 5.32. The van der Waals surface area contributed by atoms with E-state index in [1.807, 2.05) is 0 Å². The van der Waals surface area contributed by atoms with Gasteiger partial charge in [0.2, 0.25) is 0 Å². The molecule has 0 aromatic carbocycles. The van der Waals surface area contributed by atoms with E-state index in [0.717, 1.165) is 0 Å². The Hall–Kier alpha value is -2.98. The molecular formula is C17H11NO. The quantitative estimate of drug-likeness (QED) is 0.728. The van der Waals surface area contributed by atoms with Crippen LogP contribution in [0.2, 0.25) is 0 Å². The SMILES string of the molecule is C=C=C=C=C=C=C=C=C=C=C=C=C=C[C@H](O)[C@H](C)N. The summed E-state index contributed by atoms with van der Waals surface area (Å²) in [5, 5.41) is 9.28. The predicted octanol–water partition coefficient (Wildman–Crippen LogP) is 1.74. The Morgan fingerprint density at radius 1 is 0.895 bits per heavy atom. The molecule has 0 aliphatic rings. The molecule has 0 amide bonds. The van der Waals surface area contributed by atoms with E-state index in [0.29, 0.717) is 0 Å². The number of hydrogen-bond acceptors (Lipinski definition) is 2. The Labute approximate surface area is 112 Å². The van der Waals surface area contributed by atoms with Crippen LogP contribution in [0.5, 0.6) is 0 Å². The normalized spacial score (nSPS) is 9.21. The van der Waals surface area contributed by atoms with Gasteiger partial charge in [0.05, 0.1) is 6.10 Å². The largest absolute Gasteiger partial charge is 0.387 e. The van der Waals surface area contributed by atoms with Gasteiger partial charge in [0.15, 0.2) is 0 Å². The summed E-state index contributed by atoms with van der Waals surface area (Å²) in [6.07, 6.45) is 0.623. The van der Waals surface area contributed by atoms with Crippen LogP contribution in [0.25, 0.3) is 0 Å². The summed E-state index contributed by atoms with van der Waals surface area (Å²) < 4.78 is 0. The van der Waals surface area contributed by atoms with Gasteiger partial charge >= 0.3 is 0 Å². The van der Waals surface area contributed by atoms with Crippen LogP contribution < -0.4 is 5.73 Å². The molecule has 0 rings (SSSR count). The fourth-order valence-corrected chi connectivity index (χ4v) is 0.609. The minimum atomic E-state index is -0.758. The van der Waals surface area contributed by atoms with Gasteiger partial charge in [-0.05, 0) is 76.9 Å². The average molecular weight is 245 g/mol. The lowest BCUT2D eigenvalue weighted by Crippen LogP contribution is -2.29. The number of aliphatic hydroxyl groups excluding tert-OH is 1. The maximum Gasteiger partial charge on any atom is 0.0949 e. The fraction of sp³-hybridized carbons (Fsp3) is 0.176. The van der Waals surface area contributed by atoms with Gasteiger partial charge < -0.3 is 10.8 Å². The van der Waals surface area contributed by atoms with Crippen molar-refractivity contribution in [1.82, 2.24) is 0 Å². The highest BCUT2D eigenvalue weighted by Gasteiger charge is 2.02. The lowest BCUT2D eigenvalue weighted by molar-refractivity contribution is 0.198. The molecule has 0 aliphatic carbocycles. The van der Waals surface area contributed by atoms with Gasteiger partial charge in [-0.15, -0.1) is 0 Å². The highest BCUT2D eigenvalue weighted by Crippen LogP contribution is 1.88. The Morgan fingerprint density at radius 3 is 1.74 bits per heavy atom. The molecule has 0 bridgehead atoms. The van der Waals surface area contributed by atoms with E-state index in [2.05, 4.69) is 75.4 Å². The Kier molecular flexibility index (Phi) is 9.70. The van der Waals surface area contributed by atoms with Gasteiger partial charge in [-0.25, -0.2) is 0 Å². The summed E-state index contributed by atoms with van der Waals surface area (Å²) in [5.74, 6) is 0. The van der Waals surface area contributed by atoms with Crippen LogP contribution >= 0.6 is 0 Å². The van der Waals surface area contributed by atoms with E-state index in [4.69, 9.17) is 5.73 Å². The van der Waals surface area contributed by atoms with Crippen molar-refractivity contribution in [2.45, 2.75) is 19.1 Å². The third-order valence-corrected chi connectivity index (χ3v) is 1.52. The maximum absolute atomic E-state index is 9.28. The van der Waals surface area contributed by atoms with Crippen molar-refractivity contribution >= 4 is 0 Å². The van der Waals surface area contributed by atoms with E-state index >= 15 is 0 Å². The molecule has 2 atom stereocenters. The molecule has 0 saturated heterocycles. The Bertz CT molecular complexity index is 754. The first kappa shape index (κ1) is 16.0. The van der Waals surface area contributed by atoms with Crippen LogP contribution in [0, 0.1) is 0 Å². The van der Waals surface area contributed by atoms with Crippen LogP contribution in [0.3, 0.4) is 0 Å². The maximum atomic E-state index is 9.28. The van der Waals surface area contributed by atoms with E-state index in [1.165, 1.54) is 6.08 Å². The molecule has 0 unspecified atom stereocenters. The van der Waals surface area contributed by atoms with Crippen molar-refractivity contribution < 1.29 is 5.11 Å². The van der Waals surface area contributed by atoms with E-state index in [-0.39, 0.29) is 6.04 Å². The van der Waals surface area contributed by atoms with Gasteiger partial charge in [-0.2, -0.15) is 0 Å². The van der Waals surface area contributed by atoms with Crippen LogP contribution in [-0.2, 0) is 0 Å². The highest BCUT2D eigenvalue weighted by molar-refractivity contribution is 4.95. The van der Waals surface area contributed by atoms with Crippen LogP contribution in [0.4, 0.5) is 0 Å². The molecule has 90 valence electrons. The summed E-state index contributed by atoms with van der Waals surface area (Å²) in [6, 6.07) is -0.355. The lowest BCUT2D eigenvalue weighted by atomic mass is 10.2. The zero-order valence-corrected chi connectivity index (χ0v) is 10.5. The molecule has 3 N–H and O–H groups in total. The first-order valence-corrected chi connectivity index (χ1v) is 5.23. The van der Waals surface area contributed by atoms with Crippen molar-refractivity contribution in [2.24, 2.45) is 5.73 Å². The monoisotopic (exact) mass is 245 g/mol. The molecular weight excluding hydrogens is 234 g/mol. The van der Waals surface area contributed by atoms with Crippen molar-refractivity contribution in [1.29, 1.82) is 0 Å². The number of rotatable bonds is 2. The van der Waals surface area contributed by atoms with Gasteiger partial charge in [-0.3, -0.25) is 0 Å². The summed E-state index contributed by atoms with van der Waals surface area (Å²) in [6.45, 7) is 4.98. The van der Waals surface area contributed by atoms with Gasteiger partial charge in [-0.1, -0.05) is 11.5 Å². The molecule has 0 aromatic rings. The number of nitrogens with two attached hydrogens (primary N) is 1. The fourth-order valence-electron chi connectivity index (χ4n) is 0.609. The van der Waals surface area contributed by atoms with E-state index in [9.17, 15) is 5.11 Å². The minimum Gasteiger partial charge on any atom is -0.387 e. The first-order valence-electron chi connectivity index (χ1n) is 5.23. The first-order chi connectivity index (χ1) is 9.18. The zero-order valence-electron chi connectivity index (χ0n) is 10.5. The highest BCUT2D eigenvalue weighted by atomic mass is 16.3. The molecule has 0 heterocycles. The molecule has 0 saturated carbocycles. The predicted molar refractivity (Wildman–Crippen MR) is 72.0 cm³/mol. The second-order valence-corrected chi connectivity index (χ2v) is 3.09. The molecule has 2 nitrogen and oxygen atoms in total. The van der Waals surface area contributed by atoms with Gasteiger partial charge in [0, 0.05) is 6.04 Å². The zero-order chi connectivity index (χ0) is 14.3. The van der Waals surface area contributed by atoms with E-state index < -0.39 is 6.10 Å². The molecule has 0 fully saturated rings. The van der Waals surface area contributed by atoms with Crippen molar-refractivity contribution in [3.63, 3.8) is 0 Å². The molecule has 19 heavy (non-hydrogen) atoms. The van der Waals surface area contributed by atoms with Crippen molar-refractivity contribution in [3.8, 4) is 0 Å². The van der Waals surface area contributed by atoms with Crippen LogP contribution in [-0.4, -0.2) is 17.3 Å². The average Bonchev–Trinajstić information content (AvgIpc) is 2.39. The van der Waals surface area contributed by atoms with Gasteiger partial charge in [0.25, 0.3) is 0 Å². The van der Waals surface area contributed by atoms with Crippen molar-refractivity contribution in [3.05, 3.63) is 81.4 Å².